The van der Waals surface area contributed by atoms with Crippen molar-refractivity contribution in [3.05, 3.63) is 0 Å². The van der Waals surface area contributed by atoms with Crippen LogP contribution in [0.3, 0.4) is 0 Å². The Morgan fingerprint density at radius 2 is 1.48 bits per heavy atom. The van der Waals surface area contributed by atoms with Gasteiger partial charge in [0, 0.05) is 23.9 Å². The molecule has 2 heterocycles. The first-order chi connectivity index (χ1) is 22.8. The summed E-state index contributed by atoms with van der Waals surface area (Å²) in [6.07, 6.45) is 3.50. The van der Waals surface area contributed by atoms with E-state index in [9.17, 15) is 28.8 Å². The molecule has 6 amide bonds. The van der Waals surface area contributed by atoms with E-state index < -0.39 is 75.5 Å². The van der Waals surface area contributed by atoms with Crippen molar-refractivity contribution in [1.82, 2.24) is 26.2 Å². The first-order valence-corrected chi connectivity index (χ1v) is 18.0. The fourth-order valence-electron chi connectivity index (χ4n) is 8.25. The Hall–Kier alpha value is -3.26. The standard InChI is InChI=1S/C36H61N7O7/c1-31(2,3)23(16-39-29(48)33(7,8)38)41-30(49)42-25(32(4,5)6)28(47)43-17-35(34(9,10)36(35)18-50-19-36)15-22(43)27(46)40-21(24(44)26(37)45)14-20-12-11-13-20/h20-23,25H,11-19,38H2,1-10H3,(H2,37,45)(H,39,48)(H,40,46)(H2,41,42,49)/t21?,22-,23?,25+,35+/m0/s1. The van der Waals surface area contributed by atoms with E-state index in [1.165, 1.54) is 0 Å². The second kappa shape index (κ2) is 13.4. The number of nitrogens with one attached hydrogen (secondary N) is 4. The van der Waals surface area contributed by atoms with Crippen molar-refractivity contribution >= 4 is 35.4 Å². The zero-order valence-electron chi connectivity index (χ0n) is 31.7. The summed E-state index contributed by atoms with van der Waals surface area (Å²) in [7, 11) is 0. The van der Waals surface area contributed by atoms with Gasteiger partial charge in [-0.1, -0.05) is 74.7 Å². The molecular weight excluding hydrogens is 642 g/mol. The van der Waals surface area contributed by atoms with Crippen molar-refractivity contribution in [2.75, 3.05) is 26.3 Å². The lowest BCUT2D eigenvalue weighted by atomic mass is 9.80. The van der Waals surface area contributed by atoms with E-state index in [1.54, 1.807) is 18.7 Å². The van der Waals surface area contributed by atoms with Gasteiger partial charge in [-0.05, 0) is 48.9 Å². The van der Waals surface area contributed by atoms with E-state index in [1.807, 2.05) is 41.5 Å². The Labute approximate surface area is 296 Å². The first-order valence-electron chi connectivity index (χ1n) is 18.0. The molecule has 0 aromatic carbocycles. The van der Waals surface area contributed by atoms with E-state index in [2.05, 4.69) is 35.1 Å². The average Bonchev–Trinajstić information content (AvgIpc) is 3.16. The van der Waals surface area contributed by atoms with Crippen molar-refractivity contribution in [3.63, 3.8) is 0 Å². The quantitative estimate of drug-likeness (QED) is 0.163. The highest BCUT2D eigenvalue weighted by atomic mass is 16.5. The minimum absolute atomic E-state index is 0.118. The third-order valence-electron chi connectivity index (χ3n) is 12.3. The van der Waals surface area contributed by atoms with E-state index in [4.69, 9.17) is 16.2 Å². The average molecular weight is 704 g/mol. The number of urea groups is 1. The van der Waals surface area contributed by atoms with Gasteiger partial charge in [-0.3, -0.25) is 24.0 Å². The number of hydrogen-bond acceptors (Lipinski definition) is 8. The monoisotopic (exact) mass is 703 g/mol. The normalized spacial score (nSPS) is 25.8. The summed E-state index contributed by atoms with van der Waals surface area (Å²) in [4.78, 5) is 81.4. The highest BCUT2D eigenvalue weighted by Crippen LogP contribution is 2.84. The van der Waals surface area contributed by atoms with E-state index in [-0.39, 0.29) is 35.7 Å². The maximum Gasteiger partial charge on any atom is 0.315 e. The number of rotatable bonds is 12. The number of nitrogens with zero attached hydrogens (tertiary/aromatic N) is 1. The van der Waals surface area contributed by atoms with Gasteiger partial charge in [-0.2, -0.15) is 0 Å². The van der Waals surface area contributed by atoms with Gasteiger partial charge in [0.2, 0.25) is 23.5 Å². The van der Waals surface area contributed by atoms with Gasteiger partial charge in [-0.25, -0.2) is 4.79 Å². The number of nitrogens with two attached hydrogens (primary N) is 2. The fourth-order valence-corrected chi connectivity index (χ4v) is 8.25. The van der Waals surface area contributed by atoms with Crippen LogP contribution >= 0.6 is 0 Å². The smallest absolute Gasteiger partial charge is 0.315 e. The van der Waals surface area contributed by atoms with E-state index >= 15 is 0 Å². The highest BCUT2D eigenvalue weighted by molar-refractivity contribution is 6.37. The van der Waals surface area contributed by atoms with Gasteiger partial charge in [0.1, 0.15) is 12.1 Å². The summed E-state index contributed by atoms with van der Waals surface area (Å²) in [5.74, 6) is -3.07. The number of likely N-dealkylation sites (tertiary alicyclic amines) is 1. The van der Waals surface area contributed by atoms with Crippen LogP contribution in [0.2, 0.25) is 0 Å². The first kappa shape index (κ1) is 39.5. The molecule has 2 saturated heterocycles. The second-order valence-electron chi connectivity index (χ2n) is 18.6. The maximum atomic E-state index is 14.7. The largest absolute Gasteiger partial charge is 0.380 e. The molecule has 282 valence electrons. The Kier molecular flexibility index (Phi) is 10.6. The van der Waals surface area contributed by atoms with Gasteiger partial charge in [0.15, 0.2) is 0 Å². The van der Waals surface area contributed by atoms with Crippen molar-refractivity contribution in [2.45, 2.75) is 131 Å². The number of Topliss-reactive ketones (excluding diaryl/α,β-unsaturated/α-hetero) is 1. The van der Waals surface area contributed by atoms with E-state index in [0.717, 1.165) is 19.3 Å². The zero-order valence-corrected chi connectivity index (χ0v) is 31.7. The Bertz CT molecular complexity index is 1380. The Morgan fingerprint density at radius 1 is 0.880 bits per heavy atom. The molecule has 4 fully saturated rings. The van der Waals surface area contributed by atoms with E-state index in [0.29, 0.717) is 26.1 Å². The third-order valence-corrected chi connectivity index (χ3v) is 12.3. The number of amides is 6. The summed E-state index contributed by atoms with van der Waals surface area (Å²) >= 11 is 0. The molecule has 0 aromatic heterocycles. The third kappa shape index (κ3) is 7.24. The molecule has 14 heteroatoms. The molecule has 0 bridgehead atoms. The molecule has 2 unspecified atom stereocenters. The molecule has 2 spiro atoms. The van der Waals surface area contributed by atoms with Crippen LogP contribution in [0.4, 0.5) is 4.79 Å². The second-order valence-corrected chi connectivity index (χ2v) is 18.6. The summed E-state index contributed by atoms with van der Waals surface area (Å²) in [5.41, 5.74) is 8.14. The minimum Gasteiger partial charge on any atom is -0.380 e. The summed E-state index contributed by atoms with van der Waals surface area (Å²) in [6.45, 7) is 20.2. The Morgan fingerprint density at radius 3 is 1.90 bits per heavy atom. The van der Waals surface area contributed by atoms with Crippen LogP contribution in [-0.4, -0.2) is 96.4 Å². The predicted octanol–water partition coefficient (Wildman–Crippen LogP) is 1.34. The van der Waals surface area contributed by atoms with Crippen molar-refractivity contribution in [3.8, 4) is 0 Å². The fraction of sp³-hybridized carbons (Fsp3) is 0.833. The number of carbonyl (C=O) groups excluding carboxylic acids is 6. The minimum atomic E-state index is -1.11. The van der Waals surface area contributed by atoms with Crippen LogP contribution in [0.25, 0.3) is 0 Å². The van der Waals surface area contributed by atoms with Gasteiger partial charge in [0.25, 0.3) is 5.91 Å². The van der Waals surface area contributed by atoms with Crippen LogP contribution in [0.15, 0.2) is 0 Å². The maximum absolute atomic E-state index is 14.7. The molecule has 0 radical (unpaired) electrons. The lowest BCUT2D eigenvalue weighted by molar-refractivity contribution is -0.143. The van der Waals surface area contributed by atoms with Crippen molar-refractivity contribution in [2.24, 2.45) is 44.5 Å². The number of primary amides is 1. The molecular formula is C36H61N7O7. The molecule has 8 N–H and O–H groups in total. The molecule has 50 heavy (non-hydrogen) atoms. The summed E-state index contributed by atoms with van der Waals surface area (Å²) < 4.78 is 5.67. The highest BCUT2D eigenvalue weighted by Gasteiger charge is 2.86. The number of ketones is 1. The van der Waals surface area contributed by atoms with Crippen LogP contribution in [-0.2, 0) is 28.7 Å². The van der Waals surface area contributed by atoms with Gasteiger partial charge < -0.3 is 42.4 Å². The van der Waals surface area contributed by atoms with Crippen LogP contribution in [0.5, 0.6) is 0 Å². The molecule has 14 nitrogen and oxygen atoms in total. The number of ether oxygens (including phenoxy) is 1. The molecule has 2 saturated carbocycles. The molecule has 2 aliphatic carbocycles. The van der Waals surface area contributed by atoms with Gasteiger partial charge in [-0.15, -0.1) is 0 Å². The molecule has 5 atom stereocenters. The van der Waals surface area contributed by atoms with Gasteiger partial charge in [0.05, 0.1) is 30.8 Å². The SMILES string of the molecule is CC(C)(N)C(=O)NCC(NC(=O)N[C@H](C(=O)N1C[C@]2(C[C@H]1C(=O)NC(CC1CCC1)C(=O)C(N)=O)C(C)(C)C21COC1)C(C)(C)C)C(C)(C)C. The molecule has 4 aliphatic rings. The summed E-state index contributed by atoms with van der Waals surface area (Å²) in [5, 5.41) is 11.5. The zero-order chi connectivity index (χ0) is 37.8. The van der Waals surface area contributed by atoms with Crippen LogP contribution in [0.1, 0.15) is 101 Å². The van der Waals surface area contributed by atoms with Crippen molar-refractivity contribution in [1.29, 1.82) is 0 Å². The lowest BCUT2D eigenvalue weighted by Crippen LogP contribution is -2.62. The molecule has 0 aromatic rings. The number of fused-ring (bicyclic) bond motifs is 1. The number of carbonyl (C=O) groups is 6. The topological polar surface area (TPSA) is 215 Å². The van der Waals surface area contributed by atoms with Crippen LogP contribution in [0, 0.1) is 33.0 Å². The van der Waals surface area contributed by atoms with Crippen LogP contribution < -0.4 is 32.7 Å². The van der Waals surface area contributed by atoms with Crippen molar-refractivity contribution < 1.29 is 33.5 Å². The molecule has 2 aliphatic heterocycles. The summed E-state index contributed by atoms with van der Waals surface area (Å²) in [6, 6.07) is -4.18. The molecule has 4 rings (SSSR count). The lowest BCUT2D eigenvalue weighted by Gasteiger charge is -2.37. The number of hydrogen-bond donors (Lipinski definition) is 6. The Balaban J connectivity index is 1.59. The predicted molar refractivity (Wildman–Crippen MR) is 187 cm³/mol. The van der Waals surface area contributed by atoms with Gasteiger partial charge >= 0.3 is 6.03 Å².